The third-order valence-corrected chi connectivity index (χ3v) is 2.23. The van der Waals surface area contributed by atoms with E-state index in [1.54, 1.807) is 23.5 Å². The van der Waals surface area contributed by atoms with Gasteiger partial charge in [0.2, 0.25) is 0 Å². The standard InChI is InChI=1S/C11H8F3N3O2/c12-11(13,14)8-6-9(15-10(18)19)17(16-8)7-4-2-1-3-5-7/h1-6,15H,(H,18,19)/p-1. The summed E-state index contributed by atoms with van der Waals surface area (Å²) in [6, 6.07) is 8.44. The van der Waals surface area contributed by atoms with Crippen LogP contribution in [0.25, 0.3) is 5.69 Å². The van der Waals surface area contributed by atoms with Crippen molar-refractivity contribution in [1.82, 2.24) is 9.78 Å². The van der Waals surface area contributed by atoms with Gasteiger partial charge in [0.1, 0.15) is 11.9 Å². The lowest BCUT2D eigenvalue weighted by atomic mass is 10.3. The average molecular weight is 270 g/mol. The Hall–Kier alpha value is -2.51. The van der Waals surface area contributed by atoms with E-state index < -0.39 is 18.0 Å². The molecule has 5 nitrogen and oxygen atoms in total. The smallest absolute Gasteiger partial charge is 0.435 e. The maximum absolute atomic E-state index is 12.6. The molecule has 0 radical (unpaired) electrons. The highest BCUT2D eigenvalue weighted by molar-refractivity contribution is 5.80. The minimum Gasteiger partial charge on any atom is -0.530 e. The van der Waals surface area contributed by atoms with Crippen LogP contribution in [-0.2, 0) is 6.18 Å². The molecule has 0 fully saturated rings. The van der Waals surface area contributed by atoms with E-state index in [1.807, 2.05) is 0 Å². The van der Waals surface area contributed by atoms with Gasteiger partial charge in [0.15, 0.2) is 5.69 Å². The molecule has 0 atom stereocenters. The summed E-state index contributed by atoms with van der Waals surface area (Å²) in [5.41, 5.74) is -0.901. The van der Waals surface area contributed by atoms with Crippen LogP contribution < -0.4 is 10.4 Å². The Morgan fingerprint density at radius 3 is 2.42 bits per heavy atom. The van der Waals surface area contributed by atoms with Gasteiger partial charge in [0.25, 0.3) is 0 Å². The lowest BCUT2D eigenvalue weighted by Crippen LogP contribution is -2.29. The van der Waals surface area contributed by atoms with Gasteiger partial charge in [-0.2, -0.15) is 18.3 Å². The number of aromatic nitrogens is 2. The summed E-state index contributed by atoms with van der Waals surface area (Å²) >= 11 is 0. The first-order valence-corrected chi connectivity index (χ1v) is 5.08. The molecule has 0 bridgehead atoms. The third kappa shape index (κ3) is 2.84. The van der Waals surface area contributed by atoms with Crippen LogP contribution in [-0.4, -0.2) is 15.9 Å². The fourth-order valence-electron chi connectivity index (χ4n) is 1.48. The zero-order valence-electron chi connectivity index (χ0n) is 9.31. The zero-order chi connectivity index (χ0) is 14.0. The molecule has 1 aromatic carbocycles. The van der Waals surface area contributed by atoms with Gasteiger partial charge in [-0.1, -0.05) is 18.2 Å². The van der Waals surface area contributed by atoms with Crippen molar-refractivity contribution in [2.24, 2.45) is 0 Å². The lowest BCUT2D eigenvalue weighted by molar-refractivity contribution is -0.242. The molecular formula is C11H7F3N3O2-. The molecule has 0 spiro atoms. The number of carbonyl (C=O) groups is 1. The predicted molar refractivity (Wildman–Crippen MR) is 57.6 cm³/mol. The summed E-state index contributed by atoms with van der Waals surface area (Å²) in [5, 5.41) is 15.6. The van der Waals surface area contributed by atoms with Gasteiger partial charge in [-0.15, -0.1) is 0 Å². The topological polar surface area (TPSA) is 70.0 Å². The second kappa shape index (κ2) is 4.63. The quantitative estimate of drug-likeness (QED) is 0.901. The monoisotopic (exact) mass is 270 g/mol. The summed E-state index contributed by atoms with van der Waals surface area (Å²) < 4.78 is 38.5. The Bertz CT molecular complexity index is 593. The third-order valence-electron chi connectivity index (χ3n) is 2.23. The highest BCUT2D eigenvalue weighted by Gasteiger charge is 2.35. The Balaban J connectivity index is 2.52. The molecule has 19 heavy (non-hydrogen) atoms. The maximum atomic E-state index is 12.6. The van der Waals surface area contributed by atoms with Crippen LogP contribution in [0.3, 0.4) is 0 Å². The van der Waals surface area contributed by atoms with E-state index in [2.05, 4.69) is 5.10 Å². The summed E-state index contributed by atoms with van der Waals surface area (Å²) in [4.78, 5) is 10.5. The number of rotatable bonds is 2. The van der Waals surface area contributed by atoms with Gasteiger partial charge < -0.3 is 15.2 Å². The number of carbonyl (C=O) groups excluding carboxylic acids is 1. The Morgan fingerprint density at radius 1 is 1.26 bits per heavy atom. The number of anilines is 1. The number of para-hydroxylation sites is 1. The molecule has 8 heteroatoms. The van der Waals surface area contributed by atoms with E-state index in [9.17, 15) is 23.1 Å². The molecule has 2 aromatic rings. The number of nitrogens with zero attached hydrogens (tertiary/aromatic N) is 2. The molecule has 1 amide bonds. The molecule has 1 aromatic heterocycles. The molecule has 100 valence electrons. The first-order valence-electron chi connectivity index (χ1n) is 5.08. The van der Waals surface area contributed by atoms with Gasteiger partial charge in [0.05, 0.1) is 5.69 Å². The Kier molecular flexibility index (Phi) is 3.16. The molecular weight excluding hydrogens is 263 g/mol. The zero-order valence-corrected chi connectivity index (χ0v) is 9.31. The number of carboxylic acid groups (broad SMARTS) is 1. The highest BCUT2D eigenvalue weighted by Crippen LogP contribution is 2.31. The summed E-state index contributed by atoms with van der Waals surface area (Å²) in [6.07, 6.45) is -6.38. The number of hydrogen-bond acceptors (Lipinski definition) is 3. The first-order chi connectivity index (χ1) is 8.88. The average Bonchev–Trinajstić information content (AvgIpc) is 2.73. The van der Waals surface area contributed by atoms with Crippen LogP contribution >= 0.6 is 0 Å². The SMILES string of the molecule is O=C([O-])Nc1cc(C(F)(F)F)nn1-c1ccccc1. The highest BCUT2D eigenvalue weighted by atomic mass is 19.4. The molecule has 1 N–H and O–H groups in total. The number of benzene rings is 1. The van der Waals surface area contributed by atoms with Gasteiger partial charge >= 0.3 is 6.18 Å². The summed E-state index contributed by atoms with van der Waals surface area (Å²) in [6.45, 7) is 0. The van der Waals surface area contributed by atoms with Gasteiger partial charge in [-0.25, -0.2) is 4.68 Å². The minimum atomic E-state index is -4.66. The van der Waals surface area contributed by atoms with Crippen LogP contribution in [0.15, 0.2) is 36.4 Å². The molecule has 0 aliphatic heterocycles. The predicted octanol–water partition coefficient (Wildman–Crippen LogP) is 1.65. The van der Waals surface area contributed by atoms with Crippen molar-refractivity contribution in [1.29, 1.82) is 0 Å². The second-order valence-corrected chi connectivity index (χ2v) is 3.57. The van der Waals surface area contributed by atoms with Crippen LogP contribution in [0.2, 0.25) is 0 Å². The minimum absolute atomic E-state index is 0.293. The van der Waals surface area contributed by atoms with E-state index in [1.165, 1.54) is 12.1 Å². The van der Waals surface area contributed by atoms with E-state index in [-0.39, 0.29) is 5.82 Å². The lowest BCUT2D eigenvalue weighted by Gasteiger charge is -2.09. The summed E-state index contributed by atoms with van der Waals surface area (Å²) in [5.74, 6) is -0.335. The van der Waals surface area contributed by atoms with Gasteiger partial charge in [-0.3, -0.25) is 0 Å². The molecule has 1 heterocycles. The van der Waals surface area contributed by atoms with Gasteiger partial charge in [0, 0.05) is 6.07 Å². The van der Waals surface area contributed by atoms with Crippen LogP contribution in [0.1, 0.15) is 5.69 Å². The molecule has 0 unspecified atom stereocenters. The van der Waals surface area contributed by atoms with Crippen LogP contribution in [0.5, 0.6) is 0 Å². The van der Waals surface area contributed by atoms with Crippen LogP contribution in [0, 0.1) is 0 Å². The number of alkyl halides is 3. The van der Waals surface area contributed by atoms with E-state index in [0.717, 1.165) is 4.68 Å². The number of halogens is 3. The Labute approximate surface area is 105 Å². The largest absolute Gasteiger partial charge is 0.530 e. The number of hydrogen-bond donors (Lipinski definition) is 1. The number of amides is 1. The molecule has 0 saturated heterocycles. The van der Waals surface area contributed by atoms with Crippen molar-refractivity contribution >= 4 is 11.9 Å². The molecule has 0 saturated carbocycles. The van der Waals surface area contributed by atoms with Crippen molar-refractivity contribution in [2.75, 3.05) is 5.32 Å². The van der Waals surface area contributed by atoms with Crippen molar-refractivity contribution in [2.45, 2.75) is 6.18 Å². The number of nitrogens with one attached hydrogen (secondary N) is 1. The second-order valence-electron chi connectivity index (χ2n) is 3.57. The maximum Gasteiger partial charge on any atom is 0.435 e. The molecule has 0 aliphatic rings. The molecule has 2 rings (SSSR count). The van der Waals surface area contributed by atoms with Crippen LogP contribution in [0.4, 0.5) is 23.8 Å². The van der Waals surface area contributed by atoms with E-state index in [0.29, 0.717) is 11.8 Å². The van der Waals surface area contributed by atoms with Crippen molar-refractivity contribution in [3.63, 3.8) is 0 Å². The Morgan fingerprint density at radius 2 is 1.89 bits per heavy atom. The fourth-order valence-corrected chi connectivity index (χ4v) is 1.48. The van der Waals surface area contributed by atoms with E-state index in [4.69, 9.17) is 0 Å². The van der Waals surface area contributed by atoms with Gasteiger partial charge in [-0.05, 0) is 12.1 Å². The van der Waals surface area contributed by atoms with Crippen molar-refractivity contribution in [3.8, 4) is 5.69 Å². The first kappa shape index (κ1) is 12.9. The summed E-state index contributed by atoms with van der Waals surface area (Å²) in [7, 11) is 0. The normalized spacial score (nSPS) is 11.3. The molecule has 0 aliphatic carbocycles. The van der Waals surface area contributed by atoms with Crippen molar-refractivity contribution < 1.29 is 23.1 Å². The van der Waals surface area contributed by atoms with Crippen molar-refractivity contribution in [3.05, 3.63) is 42.1 Å². The fraction of sp³-hybridized carbons (Fsp3) is 0.0909. The van der Waals surface area contributed by atoms with E-state index >= 15 is 0 Å².